The normalized spacial score (nSPS) is 10.3. The third-order valence-electron chi connectivity index (χ3n) is 1.96. The molecule has 0 bridgehead atoms. The number of methoxy groups -OCH3 is 1. The van der Waals surface area contributed by atoms with Crippen LogP contribution in [0, 0.1) is 10.1 Å². The van der Waals surface area contributed by atoms with Crippen molar-refractivity contribution in [2.45, 2.75) is 0 Å². The van der Waals surface area contributed by atoms with E-state index in [1.54, 1.807) is 7.05 Å². The van der Waals surface area contributed by atoms with Crippen molar-refractivity contribution in [2.24, 2.45) is 10.3 Å². The molecule has 0 unspecified atom stereocenters. The minimum atomic E-state index is -0.496. The molecule has 1 rings (SSSR count). The lowest BCUT2D eigenvalue weighted by molar-refractivity contribution is -0.384. The van der Waals surface area contributed by atoms with Crippen LogP contribution in [0.2, 0.25) is 0 Å². The highest BCUT2D eigenvalue weighted by Crippen LogP contribution is 2.18. The zero-order chi connectivity index (χ0) is 13.5. The molecule has 0 saturated heterocycles. The Hall–Kier alpha value is -2.51. The maximum absolute atomic E-state index is 10.9. The lowest BCUT2D eigenvalue weighted by atomic mass is 10.3. The van der Waals surface area contributed by atoms with Crippen molar-refractivity contribution in [1.82, 2.24) is 5.01 Å². The van der Waals surface area contributed by atoms with Gasteiger partial charge in [0, 0.05) is 19.2 Å². The minimum Gasteiger partial charge on any atom is -0.468 e. The van der Waals surface area contributed by atoms with Crippen LogP contribution in [0.4, 0.5) is 11.4 Å². The van der Waals surface area contributed by atoms with Gasteiger partial charge in [-0.3, -0.25) is 19.9 Å². The fourth-order valence-corrected chi connectivity index (χ4v) is 1.05. The first-order valence-corrected chi connectivity index (χ1v) is 4.97. The molecule has 1 aromatic rings. The number of benzene rings is 1. The van der Waals surface area contributed by atoms with Crippen LogP contribution >= 0.6 is 0 Å². The number of esters is 1. The molecule has 1 aromatic carbocycles. The van der Waals surface area contributed by atoms with Crippen LogP contribution in [0.1, 0.15) is 0 Å². The van der Waals surface area contributed by atoms with Crippen LogP contribution < -0.4 is 0 Å². The number of carbonyl (C=O) groups is 1. The number of nitro benzene ring substituents is 1. The second-order valence-corrected chi connectivity index (χ2v) is 3.35. The number of hydrogen-bond acceptors (Lipinski definition) is 6. The lowest BCUT2D eigenvalue weighted by Crippen LogP contribution is -2.21. The summed E-state index contributed by atoms with van der Waals surface area (Å²) in [4.78, 5) is 20.8. The molecular weight excluding hydrogens is 240 g/mol. The molecular formula is C10H12N4O4. The van der Waals surface area contributed by atoms with Gasteiger partial charge < -0.3 is 4.74 Å². The fraction of sp³-hybridized carbons (Fsp3) is 0.300. The van der Waals surface area contributed by atoms with E-state index in [1.807, 2.05) is 0 Å². The SMILES string of the molecule is COC(=O)CN(C)N=Nc1ccc([N+](=O)[O-])cc1. The zero-order valence-corrected chi connectivity index (χ0v) is 9.94. The van der Waals surface area contributed by atoms with E-state index in [0.717, 1.165) is 0 Å². The fourth-order valence-electron chi connectivity index (χ4n) is 1.05. The Morgan fingerprint density at radius 2 is 2.06 bits per heavy atom. The van der Waals surface area contributed by atoms with Crippen molar-refractivity contribution in [3.8, 4) is 0 Å². The van der Waals surface area contributed by atoms with Gasteiger partial charge in [-0.05, 0) is 12.1 Å². The third kappa shape index (κ3) is 4.16. The molecule has 18 heavy (non-hydrogen) atoms. The molecule has 0 amide bonds. The van der Waals surface area contributed by atoms with E-state index in [4.69, 9.17) is 0 Å². The molecule has 0 N–H and O–H groups in total. The Balaban J connectivity index is 2.61. The van der Waals surface area contributed by atoms with Gasteiger partial charge in [-0.25, -0.2) is 0 Å². The standard InChI is InChI=1S/C10H12N4O4/c1-13(7-10(15)18-2)12-11-8-3-5-9(6-4-8)14(16)17/h3-6H,7H2,1-2H3. The number of nitrogens with zero attached hydrogens (tertiary/aromatic N) is 4. The highest BCUT2D eigenvalue weighted by Gasteiger charge is 2.05. The first kappa shape index (κ1) is 13.6. The molecule has 96 valence electrons. The molecule has 0 heterocycles. The second kappa shape index (κ2) is 6.28. The predicted molar refractivity (Wildman–Crippen MR) is 62.3 cm³/mol. The molecule has 0 aliphatic rings. The summed E-state index contributed by atoms with van der Waals surface area (Å²) >= 11 is 0. The molecule has 8 heteroatoms. The minimum absolute atomic E-state index is 0.0168. The van der Waals surface area contributed by atoms with Gasteiger partial charge in [0.05, 0.1) is 17.7 Å². The topological polar surface area (TPSA) is 97.4 Å². The van der Waals surface area contributed by atoms with Gasteiger partial charge in [0.1, 0.15) is 6.54 Å². The van der Waals surface area contributed by atoms with E-state index in [1.165, 1.54) is 36.4 Å². The number of nitro groups is 1. The highest BCUT2D eigenvalue weighted by molar-refractivity contribution is 5.71. The average Bonchev–Trinajstić information content (AvgIpc) is 2.36. The van der Waals surface area contributed by atoms with Crippen molar-refractivity contribution in [1.29, 1.82) is 0 Å². The molecule has 0 aliphatic carbocycles. The van der Waals surface area contributed by atoms with Crippen molar-refractivity contribution in [3.05, 3.63) is 34.4 Å². The zero-order valence-electron chi connectivity index (χ0n) is 9.94. The van der Waals surface area contributed by atoms with E-state index >= 15 is 0 Å². The number of ether oxygens (including phenoxy) is 1. The number of hydrogen-bond donors (Lipinski definition) is 0. The van der Waals surface area contributed by atoms with Crippen LogP contribution in [-0.2, 0) is 9.53 Å². The van der Waals surface area contributed by atoms with Gasteiger partial charge in [-0.15, -0.1) is 5.11 Å². The molecule has 0 aromatic heterocycles. The molecule has 0 spiro atoms. The van der Waals surface area contributed by atoms with E-state index in [2.05, 4.69) is 15.1 Å². The van der Waals surface area contributed by atoms with Gasteiger partial charge in [0.2, 0.25) is 0 Å². The van der Waals surface area contributed by atoms with Crippen LogP contribution in [0.15, 0.2) is 34.6 Å². The van der Waals surface area contributed by atoms with Gasteiger partial charge in [-0.1, -0.05) is 5.22 Å². The molecule has 8 nitrogen and oxygen atoms in total. The molecule has 0 saturated carbocycles. The smallest absolute Gasteiger partial charge is 0.327 e. The maximum Gasteiger partial charge on any atom is 0.327 e. The first-order valence-electron chi connectivity index (χ1n) is 4.97. The van der Waals surface area contributed by atoms with Gasteiger partial charge >= 0.3 is 5.97 Å². The van der Waals surface area contributed by atoms with E-state index < -0.39 is 10.9 Å². The van der Waals surface area contributed by atoms with E-state index in [-0.39, 0.29) is 12.2 Å². The van der Waals surface area contributed by atoms with Crippen LogP contribution in [0.5, 0.6) is 0 Å². The Kier molecular flexibility index (Phi) is 4.73. The average molecular weight is 252 g/mol. The summed E-state index contributed by atoms with van der Waals surface area (Å²) in [6, 6.07) is 5.59. The molecule has 0 atom stereocenters. The van der Waals surface area contributed by atoms with Crippen LogP contribution in [-0.4, -0.2) is 36.6 Å². The van der Waals surface area contributed by atoms with Crippen molar-refractivity contribution in [3.63, 3.8) is 0 Å². The predicted octanol–water partition coefficient (Wildman–Crippen LogP) is 1.70. The third-order valence-corrected chi connectivity index (χ3v) is 1.96. The number of carbonyl (C=O) groups excluding carboxylic acids is 1. The lowest BCUT2D eigenvalue weighted by Gasteiger charge is -2.08. The van der Waals surface area contributed by atoms with Crippen molar-refractivity contribution >= 4 is 17.3 Å². The summed E-state index contributed by atoms with van der Waals surface area (Å²) in [6.07, 6.45) is 0. The monoisotopic (exact) mass is 252 g/mol. The maximum atomic E-state index is 10.9. The van der Waals surface area contributed by atoms with Gasteiger partial charge in [-0.2, -0.15) is 0 Å². The summed E-state index contributed by atoms with van der Waals surface area (Å²) in [5, 5.41) is 19.3. The Labute approximate surface area is 103 Å². The van der Waals surface area contributed by atoms with Crippen molar-refractivity contribution in [2.75, 3.05) is 20.7 Å². The summed E-state index contributed by atoms with van der Waals surface area (Å²) in [7, 11) is 2.84. The molecule has 0 aliphatic heterocycles. The number of likely N-dealkylation sites (N-methyl/N-ethyl adjacent to an activating group) is 1. The summed E-state index contributed by atoms with van der Waals surface area (Å²) in [5.74, 6) is -0.430. The van der Waals surface area contributed by atoms with Gasteiger partial charge in [0.25, 0.3) is 5.69 Å². The number of rotatable bonds is 5. The van der Waals surface area contributed by atoms with Crippen LogP contribution in [0.25, 0.3) is 0 Å². The van der Waals surface area contributed by atoms with E-state index in [0.29, 0.717) is 5.69 Å². The largest absolute Gasteiger partial charge is 0.468 e. The number of non-ortho nitro benzene ring substituents is 1. The van der Waals surface area contributed by atoms with Gasteiger partial charge in [0.15, 0.2) is 0 Å². The summed E-state index contributed by atoms with van der Waals surface area (Å²) in [6.45, 7) is -0.0209. The van der Waals surface area contributed by atoms with Crippen molar-refractivity contribution < 1.29 is 14.5 Å². The first-order chi connectivity index (χ1) is 8.52. The Morgan fingerprint density at radius 1 is 1.44 bits per heavy atom. The summed E-state index contributed by atoms with van der Waals surface area (Å²) in [5.41, 5.74) is 0.439. The Bertz CT molecular complexity index is 457. The Morgan fingerprint density at radius 3 is 2.56 bits per heavy atom. The molecule has 0 fully saturated rings. The second-order valence-electron chi connectivity index (χ2n) is 3.35. The quantitative estimate of drug-likeness (QED) is 0.344. The summed E-state index contributed by atoms with van der Waals surface area (Å²) < 4.78 is 4.46. The molecule has 0 radical (unpaired) electrons. The van der Waals surface area contributed by atoms with E-state index in [9.17, 15) is 14.9 Å². The highest BCUT2D eigenvalue weighted by atomic mass is 16.6. The van der Waals surface area contributed by atoms with Crippen LogP contribution in [0.3, 0.4) is 0 Å².